The van der Waals surface area contributed by atoms with Crippen LogP contribution in [0.3, 0.4) is 0 Å². The number of rotatable bonds is 12. The average molecular weight is 544 g/mol. The van der Waals surface area contributed by atoms with Crippen LogP contribution in [0.15, 0.2) is 60.0 Å². The predicted molar refractivity (Wildman–Crippen MR) is 155 cm³/mol. The highest BCUT2D eigenvalue weighted by Crippen LogP contribution is 2.36. The molecule has 0 aliphatic carbocycles. The number of hydrogen-bond acceptors (Lipinski definition) is 7. The normalized spacial score (nSPS) is 11.5. The maximum Gasteiger partial charge on any atom is 0.307 e. The van der Waals surface area contributed by atoms with E-state index in [4.69, 9.17) is 18.9 Å². The van der Waals surface area contributed by atoms with Crippen molar-refractivity contribution in [2.75, 3.05) is 26.9 Å². The Hall–Kier alpha value is -3.86. The molecule has 2 heterocycles. The highest BCUT2D eigenvalue weighted by Gasteiger charge is 2.15. The van der Waals surface area contributed by atoms with E-state index in [2.05, 4.69) is 46.5 Å². The standard InChI is InChI=1S/C32H33NO5S/c1-5-7-25(19-32(34)36-6-2)24-9-11-26(12-10-24)38-20-23-8-14-30-28(18-23)29(21-39-30)27-13-15-31(33-22(27)3)37-17-16-35-4/h8-15,18,21,25H,6,16-17,19-20H2,1-4H3/t25-/m0/s1. The quantitative estimate of drug-likeness (QED) is 0.110. The molecule has 39 heavy (non-hydrogen) atoms. The molecule has 4 aromatic rings. The Balaban J connectivity index is 1.45. The minimum atomic E-state index is -0.244. The van der Waals surface area contributed by atoms with E-state index in [1.165, 1.54) is 10.1 Å². The Labute approximate surface area is 233 Å². The first-order valence-corrected chi connectivity index (χ1v) is 13.8. The van der Waals surface area contributed by atoms with Crippen molar-refractivity contribution in [3.8, 4) is 34.6 Å². The summed E-state index contributed by atoms with van der Waals surface area (Å²) < 4.78 is 23.1. The van der Waals surface area contributed by atoms with Crippen LogP contribution in [0.2, 0.25) is 0 Å². The summed E-state index contributed by atoms with van der Waals surface area (Å²) in [5, 5.41) is 3.35. The Morgan fingerprint density at radius 3 is 2.56 bits per heavy atom. The number of methoxy groups -OCH3 is 1. The van der Waals surface area contributed by atoms with E-state index in [9.17, 15) is 4.79 Å². The van der Waals surface area contributed by atoms with Crippen molar-refractivity contribution < 1.29 is 23.7 Å². The number of carbonyl (C=O) groups excluding carboxylic acids is 1. The van der Waals surface area contributed by atoms with Gasteiger partial charge in [0, 0.05) is 40.1 Å². The molecule has 0 fully saturated rings. The molecule has 0 bridgehead atoms. The lowest BCUT2D eigenvalue weighted by Crippen LogP contribution is -2.09. The number of benzene rings is 2. The van der Waals surface area contributed by atoms with E-state index in [0.29, 0.717) is 32.3 Å². The van der Waals surface area contributed by atoms with E-state index in [1.807, 2.05) is 37.3 Å². The van der Waals surface area contributed by atoms with Crippen molar-refractivity contribution in [1.82, 2.24) is 4.98 Å². The van der Waals surface area contributed by atoms with E-state index in [-0.39, 0.29) is 18.3 Å². The molecule has 2 aromatic carbocycles. The van der Waals surface area contributed by atoms with Crippen LogP contribution in [-0.2, 0) is 20.9 Å². The first kappa shape index (κ1) is 28.2. The van der Waals surface area contributed by atoms with Crippen molar-refractivity contribution in [1.29, 1.82) is 0 Å². The van der Waals surface area contributed by atoms with Gasteiger partial charge in [0.2, 0.25) is 5.88 Å². The molecule has 0 aliphatic heterocycles. The number of fused-ring (bicyclic) bond motifs is 1. The fourth-order valence-corrected chi connectivity index (χ4v) is 5.22. The summed E-state index contributed by atoms with van der Waals surface area (Å²) >= 11 is 1.72. The molecular formula is C32H33NO5S. The summed E-state index contributed by atoms with van der Waals surface area (Å²) in [6, 6.07) is 18.2. The first-order chi connectivity index (χ1) is 19.0. The van der Waals surface area contributed by atoms with Crippen LogP contribution in [0.5, 0.6) is 11.6 Å². The molecule has 0 spiro atoms. The highest BCUT2D eigenvalue weighted by atomic mass is 32.1. The molecule has 0 N–H and O–H groups in total. The highest BCUT2D eigenvalue weighted by molar-refractivity contribution is 7.17. The van der Waals surface area contributed by atoms with Crippen LogP contribution >= 0.6 is 11.3 Å². The molecule has 0 saturated heterocycles. The van der Waals surface area contributed by atoms with Crippen molar-refractivity contribution in [3.05, 3.63) is 76.8 Å². The van der Waals surface area contributed by atoms with Gasteiger partial charge in [-0.05, 0) is 67.6 Å². The molecule has 7 heteroatoms. The molecule has 1 atom stereocenters. The Morgan fingerprint density at radius 2 is 1.85 bits per heavy atom. The van der Waals surface area contributed by atoms with E-state index in [0.717, 1.165) is 33.7 Å². The summed E-state index contributed by atoms with van der Waals surface area (Å²) in [6.45, 7) is 7.38. The average Bonchev–Trinajstić information content (AvgIpc) is 3.35. The van der Waals surface area contributed by atoms with Crippen LogP contribution in [0.4, 0.5) is 0 Å². The van der Waals surface area contributed by atoms with Gasteiger partial charge >= 0.3 is 5.97 Å². The molecule has 0 amide bonds. The molecule has 0 saturated carbocycles. The van der Waals surface area contributed by atoms with Gasteiger partial charge in [-0.2, -0.15) is 0 Å². The minimum absolute atomic E-state index is 0.202. The lowest BCUT2D eigenvalue weighted by atomic mass is 9.96. The zero-order valence-corrected chi connectivity index (χ0v) is 23.6. The summed E-state index contributed by atoms with van der Waals surface area (Å²) in [5.41, 5.74) is 5.20. The zero-order valence-electron chi connectivity index (χ0n) is 22.8. The van der Waals surface area contributed by atoms with Crippen LogP contribution in [-0.4, -0.2) is 37.9 Å². The minimum Gasteiger partial charge on any atom is -0.489 e. The van der Waals surface area contributed by atoms with Gasteiger partial charge in [0.05, 0.1) is 25.6 Å². The van der Waals surface area contributed by atoms with Gasteiger partial charge in [-0.25, -0.2) is 4.98 Å². The van der Waals surface area contributed by atoms with E-state index < -0.39 is 0 Å². The molecule has 0 radical (unpaired) electrons. The molecule has 2 aromatic heterocycles. The monoisotopic (exact) mass is 543 g/mol. The molecular weight excluding hydrogens is 510 g/mol. The zero-order chi connectivity index (χ0) is 27.6. The Kier molecular flexibility index (Phi) is 9.96. The van der Waals surface area contributed by atoms with Gasteiger partial charge < -0.3 is 18.9 Å². The van der Waals surface area contributed by atoms with Crippen LogP contribution in [0.25, 0.3) is 21.2 Å². The fraction of sp³-hybridized carbons (Fsp3) is 0.312. The first-order valence-electron chi connectivity index (χ1n) is 12.9. The van der Waals surface area contributed by atoms with Gasteiger partial charge in [0.1, 0.15) is 19.0 Å². The number of ether oxygens (including phenoxy) is 4. The third-order valence-electron chi connectivity index (χ3n) is 6.21. The van der Waals surface area contributed by atoms with Crippen molar-refractivity contribution >= 4 is 27.4 Å². The second kappa shape index (κ2) is 13.8. The molecule has 4 rings (SSSR count). The summed E-state index contributed by atoms with van der Waals surface area (Å²) in [5.74, 6) is 6.94. The molecule has 202 valence electrons. The number of esters is 1. The molecule has 0 unspecified atom stereocenters. The number of aromatic nitrogens is 1. The lowest BCUT2D eigenvalue weighted by Gasteiger charge is -2.12. The topological polar surface area (TPSA) is 66.9 Å². The second-order valence-electron chi connectivity index (χ2n) is 8.92. The Morgan fingerprint density at radius 1 is 1.03 bits per heavy atom. The second-order valence-corrected chi connectivity index (χ2v) is 9.83. The van der Waals surface area contributed by atoms with Crippen molar-refractivity contribution in [3.63, 3.8) is 0 Å². The van der Waals surface area contributed by atoms with Crippen molar-refractivity contribution in [2.45, 2.75) is 39.7 Å². The van der Waals surface area contributed by atoms with Crippen LogP contribution < -0.4 is 9.47 Å². The maximum absolute atomic E-state index is 12.0. The third-order valence-corrected chi connectivity index (χ3v) is 7.17. The van der Waals surface area contributed by atoms with E-state index >= 15 is 0 Å². The van der Waals surface area contributed by atoms with Gasteiger partial charge in [-0.15, -0.1) is 17.3 Å². The SMILES string of the molecule is CC#C[C@@H](CC(=O)OCC)c1ccc(OCc2ccc3scc(-c4ccc(OCCOC)nc4C)c3c2)cc1. The number of carbonyl (C=O) groups is 1. The van der Waals surface area contributed by atoms with Crippen LogP contribution in [0, 0.1) is 18.8 Å². The van der Waals surface area contributed by atoms with Gasteiger partial charge in [0.15, 0.2) is 0 Å². The summed E-state index contributed by atoms with van der Waals surface area (Å²) in [7, 11) is 1.65. The largest absolute Gasteiger partial charge is 0.489 e. The molecule has 6 nitrogen and oxygen atoms in total. The third kappa shape index (κ3) is 7.38. The maximum atomic E-state index is 12.0. The number of pyridine rings is 1. The van der Waals surface area contributed by atoms with Gasteiger partial charge in [0.25, 0.3) is 0 Å². The van der Waals surface area contributed by atoms with Gasteiger partial charge in [-0.1, -0.05) is 24.1 Å². The summed E-state index contributed by atoms with van der Waals surface area (Å²) in [6.07, 6.45) is 0.233. The number of hydrogen-bond donors (Lipinski definition) is 0. The molecule has 0 aliphatic rings. The number of thiophene rings is 1. The lowest BCUT2D eigenvalue weighted by molar-refractivity contribution is -0.143. The smallest absolute Gasteiger partial charge is 0.307 e. The van der Waals surface area contributed by atoms with Crippen molar-refractivity contribution in [2.24, 2.45) is 0 Å². The van der Waals surface area contributed by atoms with E-state index in [1.54, 1.807) is 32.3 Å². The van der Waals surface area contributed by atoms with Gasteiger partial charge in [-0.3, -0.25) is 4.79 Å². The van der Waals surface area contributed by atoms with Crippen LogP contribution in [0.1, 0.15) is 43.0 Å². The summed E-state index contributed by atoms with van der Waals surface area (Å²) in [4.78, 5) is 16.6. The predicted octanol–water partition coefficient (Wildman–Crippen LogP) is 6.94. The fourth-order valence-electron chi connectivity index (χ4n) is 4.28. The number of nitrogens with zero attached hydrogens (tertiary/aromatic N) is 1. The number of aryl methyl sites for hydroxylation is 1. The Bertz CT molecular complexity index is 1470.